The highest BCUT2D eigenvalue weighted by Gasteiger charge is 2.51. The Labute approximate surface area is 451 Å². The largest absolute Gasteiger partial charge is 0.481 e. The van der Waals surface area contributed by atoms with Crippen molar-refractivity contribution >= 4 is 46.5 Å². The minimum absolute atomic E-state index is 0.0123. The monoisotopic (exact) mass is 1100 g/mol. The summed E-state index contributed by atoms with van der Waals surface area (Å²) in [5.41, 5.74) is 3.01. The lowest BCUT2D eigenvalue weighted by atomic mass is 9.85. The highest BCUT2D eigenvalue weighted by atomic mass is 16.7. The zero-order valence-corrected chi connectivity index (χ0v) is 45.1. The smallest absolute Gasteiger partial charge is 0.355 e. The van der Waals surface area contributed by atoms with Crippen LogP contribution in [-0.4, -0.2) is 168 Å². The van der Waals surface area contributed by atoms with Crippen molar-refractivity contribution in [1.82, 2.24) is 9.55 Å². The number of Topliss-reactive ketones (excluding diaryl/α,β-unsaturated/α-hetero) is 1. The summed E-state index contributed by atoms with van der Waals surface area (Å²) in [6, 6.07) is 7.68. The van der Waals surface area contributed by atoms with Gasteiger partial charge in [0, 0.05) is 55.7 Å². The van der Waals surface area contributed by atoms with Crippen LogP contribution in [0.2, 0.25) is 0 Å². The van der Waals surface area contributed by atoms with Gasteiger partial charge in [-0.25, -0.2) is 9.78 Å². The molecule has 2 aromatic heterocycles. The van der Waals surface area contributed by atoms with Crippen molar-refractivity contribution in [3.8, 4) is 11.4 Å². The second kappa shape index (κ2) is 30.5. The molecule has 7 unspecified atom stereocenters. The molecule has 0 aliphatic carbocycles. The number of methoxy groups -OCH3 is 1. The third-order valence-electron chi connectivity index (χ3n) is 13.3. The zero-order valence-electron chi connectivity index (χ0n) is 45.1. The molecule has 2 aliphatic heterocycles. The van der Waals surface area contributed by atoms with Crippen molar-refractivity contribution in [2.24, 2.45) is 5.92 Å². The number of carbonyl (C=O) groups is 6. The van der Waals surface area contributed by atoms with E-state index in [4.69, 9.17) is 57.5 Å². The van der Waals surface area contributed by atoms with E-state index in [9.17, 15) is 54.0 Å². The number of carbonyl (C=O) groups excluding carboxylic acids is 5. The molecule has 1 aromatic carbocycles. The van der Waals surface area contributed by atoms with Crippen molar-refractivity contribution in [3.63, 3.8) is 0 Å². The summed E-state index contributed by atoms with van der Waals surface area (Å²) in [5, 5.41) is 49.2. The van der Waals surface area contributed by atoms with Gasteiger partial charge in [-0.1, -0.05) is 39.3 Å². The number of rotatable bonds is 36. The Hall–Kier alpha value is -5.80. The number of ether oxygens (including phenoxy) is 10. The molecule has 0 saturated heterocycles. The van der Waals surface area contributed by atoms with E-state index in [2.05, 4.69) is 6.07 Å². The normalized spacial score (nSPS) is 17.4. The zero-order chi connectivity index (χ0) is 57.1. The van der Waals surface area contributed by atoms with Crippen LogP contribution >= 0.6 is 0 Å². The number of hydrogen-bond donors (Lipinski definition) is 5. The Balaban J connectivity index is 1.10. The van der Waals surface area contributed by atoms with E-state index < -0.39 is 118 Å². The molecule has 0 amide bonds. The van der Waals surface area contributed by atoms with Crippen LogP contribution in [0.3, 0.4) is 0 Å². The summed E-state index contributed by atoms with van der Waals surface area (Å²) in [4.78, 5) is 95.6. The second-order valence-corrected chi connectivity index (χ2v) is 19.0. The Morgan fingerprint density at radius 3 is 2.00 bits per heavy atom. The molecule has 5 rings (SSSR count). The minimum atomic E-state index is -1.96. The van der Waals surface area contributed by atoms with Crippen molar-refractivity contribution < 1.29 is 102 Å². The predicted octanol–water partition coefficient (Wildman–Crippen LogP) is 2.80. The maximum absolute atomic E-state index is 14.2. The number of aliphatic hydroxyl groups is 4. The number of aliphatic hydroxyl groups excluding tert-OH is 4. The number of carboxylic acid groups (broad SMARTS) is 1. The van der Waals surface area contributed by atoms with Gasteiger partial charge in [-0.3, -0.25) is 28.8 Å². The number of esters is 4. The van der Waals surface area contributed by atoms with Crippen LogP contribution in [0.5, 0.6) is 0 Å². The van der Waals surface area contributed by atoms with Gasteiger partial charge in [0.25, 0.3) is 5.56 Å². The van der Waals surface area contributed by atoms with Crippen LogP contribution < -0.4 is 5.56 Å². The van der Waals surface area contributed by atoms with Crippen molar-refractivity contribution in [3.05, 3.63) is 62.4 Å². The van der Waals surface area contributed by atoms with Gasteiger partial charge in [0.05, 0.1) is 80.7 Å². The molecular weight excluding hydrogens is 1030 g/mol. The number of aryl methyl sites for hydroxylation is 2. The molecule has 3 aromatic rings. The van der Waals surface area contributed by atoms with E-state index >= 15 is 0 Å². The minimum Gasteiger partial charge on any atom is -0.481 e. The molecule has 0 radical (unpaired) electrons. The Morgan fingerprint density at radius 2 is 1.40 bits per heavy atom. The van der Waals surface area contributed by atoms with E-state index in [0.717, 1.165) is 27.6 Å². The number of fused-ring (bicyclic) bond motifs is 5. The van der Waals surface area contributed by atoms with Gasteiger partial charge in [-0.05, 0) is 62.8 Å². The van der Waals surface area contributed by atoms with E-state index in [0.29, 0.717) is 24.2 Å². The maximum Gasteiger partial charge on any atom is 0.355 e. The Morgan fingerprint density at radius 1 is 0.769 bits per heavy atom. The molecule has 2 aliphatic rings. The third kappa shape index (κ3) is 16.6. The van der Waals surface area contributed by atoms with Crippen LogP contribution in [0.4, 0.5) is 0 Å². The fourth-order valence-corrected chi connectivity index (χ4v) is 8.97. The lowest BCUT2D eigenvalue weighted by Gasteiger charge is -2.36. The quantitative estimate of drug-likeness (QED) is 0.0248. The predicted molar refractivity (Wildman–Crippen MR) is 272 cm³/mol. The van der Waals surface area contributed by atoms with Crippen molar-refractivity contribution in [2.45, 2.75) is 155 Å². The SMILES string of the molecule is CCc1c2c(nc3ccc(C)cc13)-c1cc3c(c(=O)n1C2)COC(=O)[C@@]3(CC)OC(=O)C(C)CC(=O)CCCC(=O)OCC(CC)OC(CO)OCC(CO)OC(COC(=O)CCCC(=O)O)OCC(CO)OC(CO)OC. The van der Waals surface area contributed by atoms with Gasteiger partial charge in [-0.2, -0.15) is 0 Å². The molecule has 432 valence electrons. The Bertz CT molecular complexity index is 2600. The third-order valence-corrected chi connectivity index (χ3v) is 13.3. The van der Waals surface area contributed by atoms with Gasteiger partial charge in [0.1, 0.15) is 37.8 Å². The van der Waals surface area contributed by atoms with Crippen LogP contribution in [-0.2, 0) is 101 Å². The molecule has 0 bridgehead atoms. The van der Waals surface area contributed by atoms with Crippen LogP contribution in [0, 0.1) is 12.8 Å². The lowest BCUT2D eigenvalue weighted by molar-refractivity contribution is -0.253. The number of aromatic nitrogens is 2. The van der Waals surface area contributed by atoms with Gasteiger partial charge in [-0.15, -0.1) is 0 Å². The highest BCUT2D eigenvalue weighted by molar-refractivity contribution is 5.91. The molecule has 78 heavy (non-hydrogen) atoms. The Kier molecular flexibility index (Phi) is 24.7. The number of benzene rings is 1. The topological polar surface area (TPSA) is 331 Å². The number of cyclic esters (lactones) is 1. The van der Waals surface area contributed by atoms with E-state index in [-0.39, 0.29) is 100 Å². The molecule has 24 heteroatoms. The molecule has 24 nitrogen and oxygen atoms in total. The molecular formula is C54H74N2O22. The first-order valence-corrected chi connectivity index (χ1v) is 26.2. The lowest BCUT2D eigenvalue weighted by Crippen LogP contribution is -2.48. The maximum atomic E-state index is 14.2. The number of nitrogens with zero attached hydrogens (tertiary/aromatic N) is 2. The summed E-state index contributed by atoms with van der Waals surface area (Å²) < 4.78 is 56.9. The standard InChI is InChI=1S/C54H74N2O22/c1-7-34(75-48(25-60)72-27-36(23-58)77-49(30-71-46(65)15-11-13-44(62)63)73-28-35(22-57)76-47(24-59)69-6)26-70-45(64)14-10-12-33(61)19-32(5)52(67)78-54(9-3)41-20-43-50-39(21-56(43)51(66)40(41)29-74-53(54)68)37(8-2)38-18-31(4)16-17-42(38)55-50/h16-18,20,32,34-36,47-49,57-60H,7-15,19,21-30H2,1-6H3,(H,62,63)/t32?,34?,35?,36?,47?,48?,49?,54-/m0/s1. The molecule has 4 heterocycles. The first-order valence-electron chi connectivity index (χ1n) is 26.2. The number of ketones is 1. The summed E-state index contributed by atoms with van der Waals surface area (Å²) in [6.07, 6.45) is -6.72. The molecule has 0 saturated carbocycles. The van der Waals surface area contributed by atoms with Crippen molar-refractivity contribution in [2.75, 3.05) is 60.0 Å². The van der Waals surface area contributed by atoms with E-state index in [1.165, 1.54) is 14.0 Å². The average Bonchev–Trinajstić information content (AvgIpc) is 3.88. The fraction of sp³-hybridized carbons (Fsp3) is 0.630. The number of hydrogen-bond acceptors (Lipinski definition) is 22. The van der Waals surface area contributed by atoms with E-state index in [1.807, 2.05) is 26.0 Å². The van der Waals surface area contributed by atoms with Gasteiger partial charge < -0.3 is 77.5 Å². The fourth-order valence-electron chi connectivity index (χ4n) is 8.97. The van der Waals surface area contributed by atoms with Gasteiger partial charge in [0.15, 0.2) is 18.9 Å². The summed E-state index contributed by atoms with van der Waals surface area (Å²) in [6.45, 7) is 4.89. The van der Waals surface area contributed by atoms with Crippen molar-refractivity contribution in [1.29, 1.82) is 0 Å². The molecule has 8 atom stereocenters. The first kappa shape index (κ1) is 63.0. The number of pyridine rings is 2. The van der Waals surface area contributed by atoms with Gasteiger partial charge in [0.2, 0.25) is 5.60 Å². The molecule has 0 spiro atoms. The van der Waals surface area contributed by atoms with E-state index in [1.54, 1.807) is 24.5 Å². The van der Waals surface area contributed by atoms with Crippen LogP contribution in [0.1, 0.15) is 113 Å². The highest BCUT2D eigenvalue weighted by Crippen LogP contribution is 2.42. The van der Waals surface area contributed by atoms with Crippen LogP contribution in [0.15, 0.2) is 29.1 Å². The molecule has 0 fully saturated rings. The number of carboxylic acids is 1. The summed E-state index contributed by atoms with van der Waals surface area (Å²) >= 11 is 0. The summed E-state index contributed by atoms with van der Waals surface area (Å²) in [7, 11) is 1.27. The second-order valence-electron chi connectivity index (χ2n) is 19.0. The van der Waals surface area contributed by atoms with Gasteiger partial charge >= 0.3 is 29.8 Å². The number of aliphatic carboxylic acids is 1. The first-order chi connectivity index (χ1) is 37.4. The van der Waals surface area contributed by atoms with Crippen LogP contribution in [0.25, 0.3) is 22.3 Å². The average molecular weight is 1100 g/mol. The molecule has 5 N–H and O–H groups in total. The summed E-state index contributed by atoms with van der Waals surface area (Å²) in [5.74, 6) is -5.55.